The number of aromatic nitrogens is 2. The zero-order valence-electron chi connectivity index (χ0n) is 19.2. The predicted molar refractivity (Wildman–Crippen MR) is 136 cm³/mol. The Hall–Kier alpha value is -3.90. The second-order valence-corrected chi connectivity index (χ2v) is 8.46. The van der Waals surface area contributed by atoms with E-state index >= 15 is 0 Å². The van der Waals surface area contributed by atoms with Crippen LogP contribution in [0.5, 0.6) is 0 Å². The van der Waals surface area contributed by atoms with Crippen molar-refractivity contribution in [3.8, 4) is 16.9 Å². The number of hydrogen-bond donors (Lipinski definition) is 1. The molecule has 1 amide bonds. The van der Waals surface area contributed by atoms with Gasteiger partial charge in [0.1, 0.15) is 5.69 Å². The minimum absolute atomic E-state index is 0.0936. The lowest BCUT2D eigenvalue weighted by Gasteiger charge is -2.36. The third-order valence-corrected chi connectivity index (χ3v) is 6.23. The van der Waals surface area contributed by atoms with Gasteiger partial charge in [0.25, 0.3) is 5.91 Å². The molecule has 34 heavy (non-hydrogen) atoms. The largest absolute Gasteiger partial charge is 0.369 e. The molecule has 1 aromatic heterocycles. The minimum atomic E-state index is -0.0936. The van der Waals surface area contributed by atoms with Crippen LogP contribution >= 0.6 is 0 Å². The van der Waals surface area contributed by atoms with E-state index in [1.165, 1.54) is 5.69 Å². The van der Waals surface area contributed by atoms with Crippen molar-refractivity contribution in [2.24, 2.45) is 0 Å². The fourth-order valence-electron chi connectivity index (χ4n) is 4.35. The number of benzene rings is 3. The Morgan fingerprint density at radius 3 is 2.00 bits per heavy atom. The van der Waals surface area contributed by atoms with Crippen LogP contribution in [-0.2, 0) is 0 Å². The molecule has 4 aromatic rings. The maximum absolute atomic E-state index is 13.2. The molecular formula is C28H29N5O. The van der Waals surface area contributed by atoms with Crippen molar-refractivity contribution in [2.75, 3.05) is 44.2 Å². The van der Waals surface area contributed by atoms with Crippen LogP contribution in [0.3, 0.4) is 0 Å². The number of piperazine rings is 1. The van der Waals surface area contributed by atoms with E-state index in [1.807, 2.05) is 66.9 Å². The first-order chi connectivity index (χ1) is 16.8. The van der Waals surface area contributed by atoms with Crippen LogP contribution in [0.1, 0.15) is 10.4 Å². The zero-order chi connectivity index (χ0) is 23.2. The highest BCUT2D eigenvalue weighted by Gasteiger charge is 2.20. The summed E-state index contributed by atoms with van der Waals surface area (Å²) in [6, 6.07) is 30.3. The summed E-state index contributed by atoms with van der Waals surface area (Å²) in [6.45, 7) is 5.43. The number of rotatable bonds is 7. The van der Waals surface area contributed by atoms with Crippen LogP contribution in [0, 0.1) is 0 Å². The second kappa shape index (κ2) is 10.4. The van der Waals surface area contributed by atoms with Crippen molar-refractivity contribution in [1.29, 1.82) is 0 Å². The summed E-state index contributed by atoms with van der Waals surface area (Å²) in [6.07, 6.45) is 1.83. The molecule has 172 valence electrons. The molecule has 6 heteroatoms. The zero-order valence-corrected chi connectivity index (χ0v) is 19.2. The van der Waals surface area contributed by atoms with E-state index in [4.69, 9.17) is 5.10 Å². The SMILES string of the molecule is O=C(NCCN1CCN(c2ccccc2)CC1)c1cn(-c2ccccc2)nc1-c1ccccc1. The van der Waals surface area contributed by atoms with Gasteiger partial charge in [-0.3, -0.25) is 9.69 Å². The molecule has 0 spiro atoms. The molecule has 1 fully saturated rings. The van der Waals surface area contributed by atoms with Gasteiger partial charge >= 0.3 is 0 Å². The fraction of sp³-hybridized carbons (Fsp3) is 0.214. The molecule has 0 saturated carbocycles. The Labute approximate surface area is 200 Å². The number of hydrogen-bond acceptors (Lipinski definition) is 4. The van der Waals surface area contributed by atoms with Gasteiger partial charge in [-0.2, -0.15) is 5.10 Å². The third-order valence-electron chi connectivity index (χ3n) is 6.23. The monoisotopic (exact) mass is 451 g/mol. The predicted octanol–water partition coefficient (Wildman–Crippen LogP) is 4.09. The lowest BCUT2D eigenvalue weighted by molar-refractivity contribution is 0.0948. The van der Waals surface area contributed by atoms with Gasteiger partial charge in [-0.25, -0.2) is 4.68 Å². The number of para-hydroxylation sites is 2. The smallest absolute Gasteiger partial charge is 0.255 e. The van der Waals surface area contributed by atoms with Crippen LogP contribution in [0.15, 0.2) is 97.2 Å². The highest BCUT2D eigenvalue weighted by atomic mass is 16.1. The number of amides is 1. The quantitative estimate of drug-likeness (QED) is 0.460. The molecule has 1 aliphatic heterocycles. The van der Waals surface area contributed by atoms with Crippen LogP contribution in [0.4, 0.5) is 5.69 Å². The third kappa shape index (κ3) is 5.02. The van der Waals surface area contributed by atoms with Crippen LogP contribution < -0.4 is 10.2 Å². The first-order valence-electron chi connectivity index (χ1n) is 11.8. The Bertz CT molecular complexity index is 1200. The molecule has 3 aromatic carbocycles. The van der Waals surface area contributed by atoms with Crippen LogP contribution in [-0.4, -0.2) is 59.9 Å². The van der Waals surface area contributed by atoms with E-state index in [0.717, 1.165) is 44.0 Å². The van der Waals surface area contributed by atoms with Gasteiger partial charge in [0.15, 0.2) is 0 Å². The fourth-order valence-corrected chi connectivity index (χ4v) is 4.35. The van der Waals surface area contributed by atoms with Gasteiger partial charge in [0.05, 0.1) is 11.3 Å². The van der Waals surface area contributed by atoms with E-state index < -0.39 is 0 Å². The molecule has 2 heterocycles. The summed E-state index contributed by atoms with van der Waals surface area (Å²) in [7, 11) is 0. The molecule has 0 atom stereocenters. The second-order valence-electron chi connectivity index (χ2n) is 8.46. The van der Waals surface area contributed by atoms with Crippen molar-refractivity contribution >= 4 is 11.6 Å². The summed E-state index contributed by atoms with van der Waals surface area (Å²) in [5, 5.41) is 7.86. The molecular weight excluding hydrogens is 422 g/mol. The first-order valence-corrected chi connectivity index (χ1v) is 11.8. The number of anilines is 1. The van der Waals surface area contributed by atoms with Gasteiger partial charge in [-0.15, -0.1) is 0 Å². The maximum atomic E-state index is 13.2. The van der Waals surface area contributed by atoms with Gasteiger partial charge in [-0.05, 0) is 24.3 Å². The first kappa shape index (κ1) is 21.9. The topological polar surface area (TPSA) is 53.4 Å². The summed E-state index contributed by atoms with van der Waals surface area (Å²) < 4.78 is 1.78. The lowest BCUT2D eigenvalue weighted by atomic mass is 10.1. The van der Waals surface area contributed by atoms with Crippen molar-refractivity contribution in [2.45, 2.75) is 0 Å². The highest BCUT2D eigenvalue weighted by molar-refractivity contribution is 5.99. The van der Waals surface area contributed by atoms with E-state index in [2.05, 4.69) is 45.4 Å². The lowest BCUT2D eigenvalue weighted by Crippen LogP contribution is -2.48. The molecule has 1 saturated heterocycles. The molecule has 1 N–H and O–H groups in total. The Morgan fingerprint density at radius 1 is 0.765 bits per heavy atom. The summed E-state index contributed by atoms with van der Waals surface area (Å²) in [4.78, 5) is 18.0. The van der Waals surface area contributed by atoms with Gasteiger partial charge < -0.3 is 10.2 Å². The Kier molecular flexibility index (Phi) is 6.68. The Morgan fingerprint density at radius 2 is 1.35 bits per heavy atom. The minimum Gasteiger partial charge on any atom is -0.369 e. The molecule has 5 rings (SSSR count). The molecule has 1 aliphatic rings. The molecule has 6 nitrogen and oxygen atoms in total. The highest BCUT2D eigenvalue weighted by Crippen LogP contribution is 2.23. The van der Waals surface area contributed by atoms with Crippen LogP contribution in [0.2, 0.25) is 0 Å². The summed E-state index contributed by atoms with van der Waals surface area (Å²) >= 11 is 0. The van der Waals surface area contributed by atoms with E-state index in [1.54, 1.807) is 4.68 Å². The normalized spacial score (nSPS) is 14.2. The van der Waals surface area contributed by atoms with Crippen LogP contribution in [0.25, 0.3) is 16.9 Å². The van der Waals surface area contributed by atoms with Crippen molar-refractivity contribution in [3.05, 3.63) is 103 Å². The average molecular weight is 452 g/mol. The summed E-state index contributed by atoms with van der Waals surface area (Å²) in [5.74, 6) is -0.0936. The van der Waals surface area contributed by atoms with E-state index in [9.17, 15) is 4.79 Å². The molecule has 0 unspecified atom stereocenters. The Balaban J connectivity index is 1.22. The van der Waals surface area contributed by atoms with Gasteiger partial charge in [0, 0.05) is 56.7 Å². The molecule has 0 aliphatic carbocycles. The van der Waals surface area contributed by atoms with E-state index in [-0.39, 0.29) is 5.91 Å². The van der Waals surface area contributed by atoms with Gasteiger partial charge in [-0.1, -0.05) is 66.7 Å². The molecule has 0 bridgehead atoms. The van der Waals surface area contributed by atoms with Gasteiger partial charge in [0.2, 0.25) is 0 Å². The average Bonchev–Trinajstić information content (AvgIpc) is 3.36. The van der Waals surface area contributed by atoms with E-state index in [0.29, 0.717) is 17.8 Å². The maximum Gasteiger partial charge on any atom is 0.255 e. The van der Waals surface area contributed by atoms with Crippen molar-refractivity contribution in [1.82, 2.24) is 20.0 Å². The number of nitrogens with zero attached hydrogens (tertiary/aromatic N) is 4. The summed E-state index contributed by atoms with van der Waals surface area (Å²) in [5.41, 5.74) is 4.41. The van der Waals surface area contributed by atoms with Crippen molar-refractivity contribution < 1.29 is 4.79 Å². The number of carbonyl (C=O) groups excluding carboxylic acids is 1. The molecule has 0 radical (unpaired) electrons. The number of carbonyl (C=O) groups is 1. The standard InChI is InChI=1S/C28H29N5O/c34-28(29-16-17-31-18-20-32(21-19-31)24-12-6-2-7-13-24)26-22-33(25-14-8-3-9-15-25)30-27(26)23-10-4-1-5-11-23/h1-15,22H,16-21H2,(H,29,34). The number of nitrogens with one attached hydrogen (secondary N) is 1. The van der Waals surface area contributed by atoms with Crippen molar-refractivity contribution in [3.63, 3.8) is 0 Å².